The Morgan fingerprint density at radius 2 is 1.67 bits per heavy atom. The monoisotopic (exact) mass is 292 g/mol. The van der Waals surface area contributed by atoms with Crippen LogP contribution in [0.1, 0.15) is 15.9 Å². The molecule has 2 aromatic carbocycles. The highest BCUT2D eigenvalue weighted by atomic mass is 19.1. The van der Waals surface area contributed by atoms with Gasteiger partial charge in [-0.15, -0.1) is 0 Å². The molecule has 0 saturated carbocycles. The maximum absolute atomic E-state index is 13.0. The summed E-state index contributed by atoms with van der Waals surface area (Å²) < 4.78 is 26.0. The Morgan fingerprint density at radius 3 is 2.19 bits per heavy atom. The number of halogens is 2. The Kier molecular flexibility index (Phi) is 4.22. The van der Waals surface area contributed by atoms with Crippen LogP contribution in [-0.2, 0) is 6.54 Å². The van der Waals surface area contributed by atoms with Gasteiger partial charge in [0, 0.05) is 30.3 Å². The van der Waals surface area contributed by atoms with E-state index in [1.165, 1.54) is 24.3 Å². The molecule has 0 radical (unpaired) electrons. The summed E-state index contributed by atoms with van der Waals surface area (Å²) in [6.07, 6.45) is 0. The number of nitro benzene ring substituents is 1. The molecule has 7 heteroatoms. The molecule has 0 aromatic heterocycles. The number of nitrogens with one attached hydrogen (secondary N) is 1. The average molecular weight is 292 g/mol. The SMILES string of the molecule is O=C(NCc1cc(F)cc(F)c1)c1ccc([N+](=O)[O-])cc1. The van der Waals surface area contributed by atoms with Crippen molar-refractivity contribution in [2.24, 2.45) is 0 Å². The Hall–Kier alpha value is -2.83. The highest BCUT2D eigenvalue weighted by molar-refractivity contribution is 5.94. The van der Waals surface area contributed by atoms with Gasteiger partial charge >= 0.3 is 0 Å². The fraction of sp³-hybridized carbons (Fsp3) is 0.0714. The summed E-state index contributed by atoms with van der Waals surface area (Å²) in [6.45, 7) is -0.0511. The van der Waals surface area contributed by atoms with Gasteiger partial charge < -0.3 is 5.32 Å². The van der Waals surface area contributed by atoms with E-state index in [9.17, 15) is 23.7 Å². The third-order valence-electron chi connectivity index (χ3n) is 2.72. The molecule has 0 atom stereocenters. The lowest BCUT2D eigenvalue weighted by molar-refractivity contribution is -0.384. The second kappa shape index (κ2) is 6.08. The predicted molar refractivity (Wildman–Crippen MR) is 70.6 cm³/mol. The largest absolute Gasteiger partial charge is 0.348 e. The number of carbonyl (C=O) groups is 1. The van der Waals surface area contributed by atoms with Crippen molar-refractivity contribution in [3.8, 4) is 0 Å². The number of amides is 1. The van der Waals surface area contributed by atoms with Crippen molar-refractivity contribution in [1.29, 1.82) is 0 Å². The van der Waals surface area contributed by atoms with Crippen LogP contribution in [0.15, 0.2) is 42.5 Å². The Balaban J connectivity index is 2.02. The minimum absolute atomic E-state index is 0.0511. The molecule has 0 saturated heterocycles. The highest BCUT2D eigenvalue weighted by Crippen LogP contribution is 2.12. The third kappa shape index (κ3) is 3.82. The quantitative estimate of drug-likeness (QED) is 0.695. The second-order valence-corrected chi connectivity index (χ2v) is 4.26. The first-order chi connectivity index (χ1) is 9.95. The third-order valence-corrected chi connectivity index (χ3v) is 2.72. The fourth-order valence-corrected chi connectivity index (χ4v) is 1.73. The van der Waals surface area contributed by atoms with E-state index in [2.05, 4.69) is 5.32 Å². The molecule has 0 bridgehead atoms. The summed E-state index contributed by atoms with van der Waals surface area (Å²) in [5.41, 5.74) is 0.374. The molecule has 2 aromatic rings. The zero-order valence-electron chi connectivity index (χ0n) is 10.7. The fourth-order valence-electron chi connectivity index (χ4n) is 1.73. The van der Waals surface area contributed by atoms with Gasteiger partial charge in [0.15, 0.2) is 0 Å². The van der Waals surface area contributed by atoms with Crippen molar-refractivity contribution in [2.45, 2.75) is 6.54 Å². The number of hydrogen-bond donors (Lipinski definition) is 1. The van der Waals surface area contributed by atoms with E-state index in [1.54, 1.807) is 0 Å². The molecule has 2 rings (SSSR count). The molecule has 0 fully saturated rings. The summed E-state index contributed by atoms with van der Waals surface area (Å²) in [5, 5.41) is 13.0. The number of benzene rings is 2. The van der Waals surface area contributed by atoms with E-state index in [-0.39, 0.29) is 23.4 Å². The van der Waals surface area contributed by atoms with Crippen molar-refractivity contribution < 1.29 is 18.5 Å². The molecule has 0 aliphatic carbocycles. The lowest BCUT2D eigenvalue weighted by Crippen LogP contribution is -2.22. The molecule has 0 unspecified atom stereocenters. The summed E-state index contributed by atoms with van der Waals surface area (Å²) >= 11 is 0. The first-order valence-electron chi connectivity index (χ1n) is 5.93. The number of nitro groups is 1. The Morgan fingerprint density at radius 1 is 1.10 bits per heavy atom. The van der Waals surface area contributed by atoms with Crippen LogP contribution in [0, 0.1) is 21.7 Å². The number of carbonyl (C=O) groups excluding carboxylic acids is 1. The molecule has 1 amide bonds. The molecule has 0 heterocycles. The first kappa shape index (κ1) is 14.6. The Bertz CT molecular complexity index is 667. The molecule has 21 heavy (non-hydrogen) atoms. The van der Waals surface area contributed by atoms with E-state index in [4.69, 9.17) is 0 Å². The number of nitrogens with zero attached hydrogens (tertiary/aromatic N) is 1. The van der Waals surface area contributed by atoms with E-state index >= 15 is 0 Å². The lowest BCUT2D eigenvalue weighted by Gasteiger charge is -2.06. The van der Waals surface area contributed by atoms with E-state index < -0.39 is 22.5 Å². The van der Waals surface area contributed by atoms with Crippen LogP contribution in [0.2, 0.25) is 0 Å². The Labute approximate surface area is 118 Å². The molecule has 0 spiro atoms. The standard InChI is InChI=1S/C14H10F2N2O3/c15-11-5-9(6-12(16)7-11)8-17-14(19)10-1-3-13(4-2-10)18(20)21/h1-7H,8H2,(H,17,19). The average Bonchev–Trinajstić information content (AvgIpc) is 2.44. The predicted octanol–water partition coefficient (Wildman–Crippen LogP) is 2.80. The highest BCUT2D eigenvalue weighted by Gasteiger charge is 2.09. The maximum atomic E-state index is 13.0. The van der Waals surface area contributed by atoms with Crippen LogP contribution in [0.25, 0.3) is 0 Å². The number of hydrogen-bond acceptors (Lipinski definition) is 3. The van der Waals surface area contributed by atoms with Gasteiger partial charge in [0.1, 0.15) is 11.6 Å². The minimum Gasteiger partial charge on any atom is -0.348 e. The van der Waals surface area contributed by atoms with Crippen LogP contribution in [0.3, 0.4) is 0 Å². The lowest BCUT2D eigenvalue weighted by atomic mass is 10.1. The first-order valence-corrected chi connectivity index (χ1v) is 5.93. The van der Waals surface area contributed by atoms with E-state index in [0.717, 1.165) is 18.2 Å². The van der Waals surface area contributed by atoms with Crippen LogP contribution in [0.5, 0.6) is 0 Å². The van der Waals surface area contributed by atoms with Crippen LogP contribution in [0.4, 0.5) is 14.5 Å². The topological polar surface area (TPSA) is 72.2 Å². The summed E-state index contributed by atoms with van der Waals surface area (Å²) in [4.78, 5) is 21.7. The minimum atomic E-state index is -0.727. The van der Waals surface area contributed by atoms with Gasteiger partial charge in [-0.3, -0.25) is 14.9 Å². The second-order valence-electron chi connectivity index (χ2n) is 4.26. The van der Waals surface area contributed by atoms with Gasteiger partial charge in [-0.1, -0.05) is 0 Å². The zero-order chi connectivity index (χ0) is 15.4. The van der Waals surface area contributed by atoms with E-state index in [1.807, 2.05) is 0 Å². The van der Waals surface area contributed by atoms with Gasteiger partial charge in [-0.25, -0.2) is 8.78 Å². The van der Waals surface area contributed by atoms with Gasteiger partial charge in [-0.2, -0.15) is 0 Å². The molecule has 0 aliphatic heterocycles. The molecular formula is C14H10F2N2O3. The summed E-state index contributed by atoms with van der Waals surface area (Å²) in [7, 11) is 0. The van der Waals surface area contributed by atoms with Crippen molar-refractivity contribution >= 4 is 11.6 Å². The van der Waals surface area contributed by atoms with Crippen LogP contribution < -0.4 is 5.32 Å². The summed E-state index contributed by atoms with van der Waals surface area (Å²) in [5.74, 6) is -1.95. The molecule has 1 N–H and O–H groups in total. The van der Waals surface area contributed by atoms with Crippen molar-refractivity contribution in [3.63, 3.8) is 0 Å². The normalized spacial score (nSPS) is 10.2. The van der Waals surface area contributed by atoms with Crippen molar-refractivity contribution in [3.05, 3.63) is 75.3 Å². The van der Waals surface area contributed by atoms with Crippen molar-refractivity contribution in [1.82, 2.24) is 5.32 Å². The van der Waals surface area contributed by atoms with Crippen LogP contribution >= 0.6 is 0 Å². The molecule has 5 nitrogen and oxygen atoms in total. The van der Waals surface area contributed by atoms with Gasteiger partial charge in [0.05, 0.1) is 4.92 Å². The summed E-state index contributed by atoms with van der Waals surface area (Å²) in [6, 6.07) is 7.98. The number of non-ortho nitro benzene ring substituents is 1. The van der Waals surface area contributed by atoms with E-state index in [0.29, 0.717) is 0 Å². The maximum Gasteiger partial charge on any atom is 0.269 e. The van der Waals surface area contributed by atoms with Crippen LogP contribution in [-0.4, -0.2) is 10.8 Å². The molecular weight excluding hydrogens is 282 g/mol. The van der Waals surface area contributed by atoms with Crippen molar-refractivity contribution in [2.75, 3.05) is 0 Å². The zero-order valence-corrected chi connectivity index (χ0v) is 10.7. The van der Waals surface area contributed by atoms with Gasteiger partial charge in [-0.05, 0) is 29.8 Å². The van der Waals surface area contributed by atoms with Gasteiger partial charge in [0.25, 0.3) is 11.6 Å². The number of rotatable bonds is 4. The smallest absolute Gasteiger partial charge is 0.269 e. The molecule has 108 valence electrons. The molecule has 0 aliphatic rings. The van der Waals surface area contributed by atoms with Gasteiger partial charge in [0.2, 0.25) is 0 Å².